The molecule has 3 rings (SSSR count). The van der Waals surface area contributed by atoms with E-state index in [0.29, 0.717) is 16.3 Å². The molecule has 2 aromatic rings. The number of hydrogen-bond acceptors (Lipinski definition) is 3. The third-order valence-corrected chi connectivity index (χ3v) is 4.30. The zero-order valence-electron chi connectivity index (χ0n) is 13.8. The van der Waals surface area contributed by atoms with E-state index in [1.807, 2.05) is 24.3 Å². The molecule has 3 N–H and O–H groups in total. The zero-order chi connectivity index (χ0) is 18.7. The predicted molar refractivity (Wildman–Crippen MR) is 102 cm³/mol. The number of rotatable bonds is 5. The van der Waals surface area contributed by atoms with Gasteiger partial charge in [0.1, 0.15) is 6.04 Å². The maximum Gasteiger partial charge on any atom is 0.326 e. The number of benzene rings is 2. The van der Waals surface area contributed by atoms with Gasteiger partial charge in [0.2, 0.25) is 0 Å². The van der Waals surface area contributed by atoms with Gasteiger partial charge in [0.25, 0.3) is 5.91 Å². The highest BCUT2D eigenvalue weighted by molar-refractivity contribution is 6.30. The molecule has 1 amide bonds. The van der Waals surface area contributed by atoms with Crippen LogP contribution in [0.25, 0.3) is 5.57 Å². The molecule has 6 heteroatoms. The van der Waals surface area contributed by atoms with Crippen molar-refractivity contribution in [3.63, 3.8) is 0 Å². The van der Waals surface area contributed by atoms with Crippen LogP contribution in [0.4, 0.5) is 5.69 Å². The molecule has 0 spiro atoms. The van der Waals surface area contributed by atoms with Gasteiger partial charge in [-0.2, -0.15) is 0 Å². The van der Waals surface area contributed by atoms with Crippen molar-refractivity contribution < 1.29 is 14.7 Å². The first-order valence-corrected chi connectivity index (χ1v) is 8.37. The number of fused-ring (bicyclic) bond motifs is 1. The van der Waals surface area contributed by atoms with E-state index in [1.165, 1.54) is 0 Å². The second-order valence-electron chi connectivity index (χ2n) is 5.94. The highest BCUT2D eigenvalue weighted by Gasteiger charge is 2.25. The van der Waals surface area contributed by atoms with Crippen LogP contribution in [-0.4, -0.2) is 23.0 Å². The number of halogens is 1. The number of carbonyl (C=O) groups is 2. The summed E-state index contributed by atoms with van der Waals surface area (Å²) in [6, 6.07) is 12.8. The minimum atomic E-state index is -1.10. The first kappa shape index (κ1) is 17.8. The third-order valence-electron chi connectivity index (χ3n) is 4.05. The average molecular weight is 369 g/mol. The molecule has 0 aromatic heterocycles. The molecule has 1 heterocycles. The number of carboxylic acids is 1. The summed E-state index contributed by atoms with van der Waals surface area (Å²) in [5.41, 5.74) is 3.58. The summed E-state index contributed by atoms with van der Waals surface area (Å²) in [5, 5.41) is 15.8. The summed E-state index contributed by atoms with van der Waals surface area (Å²) in [7, 11) is 0. The Kier molecular flexibility index (Phi) is 5.09. The molecule has 0 aliphatic carbocycles. The van der Waals surface area contributed by atoms with Gasteiger partial charge in [-0.1, -0.05) is 36.4 Å². The van der Waals surface area contributed by atoms with Gasteiger partial charge in [-0.15, -0.1) is 0 Å². The molecular weight excluding hydrogens is 352 g/mol. The molecule has 2 aromatic carbocycles. The van der Waals surface area contributed by atoms with Crippen LogP contribution < -0.4 is 10.6 Å². The Morgan fingerprint density at radius 3 is 2.54 bits per heavy atom. The van der Waals surface area contributed by atoms with Crippen LogP contribution in [0.1, 0.15) is 22.3 Å². The Hall–Kier alpha value is -3.05. The predicted octanol–water partition coefficient (Wildman–Crippen LogP) is 3.94. The van der Waals surface area contributed by atoms with Crippen molar-refractivity contribution in [3.05, 3.63) is 83.0 Å². The van der Waals surface area contributed by atoms with E-state index in [4.69, 9.17) is 11.6 Å². The van der Waals surface area contributed by atoms with Crippen molar-refractivity contribution in [2.24, 2.45) is 0 Å². The minimum Gasteiger partial charge on any atom is -0.480 e. The standard InChI is InChI=1S/C20H17ClN2O3/c1-12-10-14(16-4-2-3-5-17(16)22-12)11-18(20(25)26)23-19(24)13-6-8-15(21)9-7-13/h2-10,18,22H,1,11H2,(H,23,24)(H,25,26). The Morgan fingerprint density at radius 2 is 1.85 bits per heavy atom. The Labute approximate surface area is 156 Å². The zero-order valence-corrected chi connectivity index (χ0v) is 14.6. The minimum absolute atomic E-state index is 0.145. The summed E-state index contributed by atoms with van der Waals surface area (Å²) in [6.45, 7) is 3.90. The largest absolute Gasteiger partial charge is 0.480 e. The number of nitrogens with one attached hydrogen (secondary N) is 2. The lowest BCUT2D eigenvalue weighted by molar-refractivity contribution is -0.139. The molecule has 0 saturated carbocycles. The van der Waals surface area contributed by atoms with Crippen molar-refractivity contribution in [2.75, 3.05) is 5.32 Å². The molecule has 1 aliphatic rings. The summed E-state index contributed by atoms with van der Waals surface area (Å²) >= 11 is 5.82. The highest BCUT2D eigenvalue weighted by atomic mass is 35.5. The fourth-order valence-corrected chi connectivity index (χ4v) is 2.93. The lowest BCUT2D eigenvalue weighted by atomic mass is 9.93. The van der Waals surface area contributed by atoms with E-state index >= 15 is 0 Å². The van der Waals surface area contributed by atoms with Gasteiger partial charge in [-0.3, -0.25) is 4.79 Å². The van der Waals surface area contributed by atoms with Gasteiger partial charge in [-0.25, -0.2) is 4.79 Å². The fraction of sp³-hybridized carbons (Fsp3) is 0.100. The maximum absolute atomic E-state index is 12.4. The lowest BCUT2D eigenvalue weighted by Crippen LogP contribution is -2.41. The Balaban J connectivity index is 1.81. The molecule has 5 nitrogen and oxygen atoms in total. The van der Waals surface area contributed by atoms with Gasteiger partial charge in [0, 0.05) is 34.0 Å². The molecule has 0 saturated heterocycles. The molecule has 26 heavy (non-hydrogen) atoms. The lowest BCUT2D eigenvalue weighted by Gasteiger charge is -2.23. The topological polar surface area (TPSA) is 78.4 Å². The Morgan fingerprint density at radius 1 is 1.15 bits per heavy atom. The first-order chi connectivity index (χ1) is 12.4. The molecule has 0 bridgehead atoms. The second kappa shape index (κ2) is 7.45. The van der Waals surface area contributed by atoms with E-state index in [-0.39, 0.29) is 6.42 Å². The van der Waals surface area contributed by atoms with Crippen LogP contribution in [0.3, 0.4) is 0 Å². The van der Waals surface area contributed by atoms with Gasteiger partial charge in [-0.05, 0) is 42.0 Å². The number of carbonyl (C=O) groups excluding carboxylic acids is 1. The number of amides is 1. The van der Waals surface area contributed by atoms with Crippen molar-refractivity contribution in [1.82, 2.24) is 5.32 Å². The van der Waals surface area contributed by atoms with Gasteiger partial charge < -0.3 is 15.7 Å². The van der Waals surface area contributed by atoms with Crippen LogP contribution >= 0.6 is 11.6 Å². The quantitative estimate of drug-likeness (QED) is 0.747. The summed E-state index contributed by atoms with van der Waals surface area (Å²) < 4.78 is 0. The van der Waals surface area contributed by atoms with Crippen LogP contribution in [0.5, 0.6) is 0 Å². The second-order valence-corrected chi connectivity index (χ2v) is 6.38. The number of aliphatic carboxylic acids is 1. The van der Waals surface area contributed by atoms with Crippen LogP contribution in [0.15, 0.2) is 66.9 Å². The van der Waals surface area contributed by atoms with E-state index in [9.17, 15) is 14.7 Å². The molecule has 1 aliphatic heterocycles. The Bertz CT molecular complexity index is 904. The molecule has 0 radical (unpaired) electrons. The number of para-hydroxylation sites is 1. The van der Waals surface area contributed by atoms with E-state index in [1.54, 1.807) is 30.3 Å². The summed E-state index contributed by atoms with van der Waals surface area (Å²) in [6.07, 6.45) is 1.94. The highest BCUT2D eigenvalue weighted by Crippen LogP contribution is 2.33. The number of allylic oxidation sites excluding steroid dienone is 1. The van der Waals surface area contributed by atoms with Crippen molar-refractivity contribution >= 4 is 34.7 Å². The van der Waals surface area contributed by atoms with Crippen molar-refractivity contribution in [1.29, 1.82) is 0 Å². The van der Waals surface area contributed by atoms with Crippen LogP contribution in [0.2, 0.25) is 5.02 Å². The molecule has 1 atom stereocenters. The molecule has 0 fully saturated rings. The van der Waals surface area contributed by atoms with Gasteiger partial charge >= 0.3 is 5.97 Å². The van der Waals surface area contributed by atoms with Crippen molar-refractivity contribution in [3.8, 4) is 0 Å². The van der Waals surface area contributed by atoms with Crippen molar-refractivity contribution in [2.45, 2.75) is 12.5 Å². The van der Waals surface area contributed by atoms with E-state index in [2.05, 4.69) is 17.2 Å². The number of hydrogen-bond donors (Lipinski definition) is 3. The number of anilines is 1. The molecule has 1 unspecified atom stereocenters. The van der Waals surface area contributed by atoms with Crippen LogP contribution in [0, 0.1) is 0 Å². The molecule has 132 valence electrons. The average Bonchev–Trinajstić information content (AvgIpc) is 2.61. The number of carboxylic acid groups (broad SMARTS) is 1. The fourth-order valence-electron chi connectivity index (χ4n) is 2.80. The van der Waals surface area contributed by atoms with Crippen LogP contribution in [-0.2, 0) is 4.79 Å². The van der Waals surface area contributed by atoms with Gasteiger partial charge in [0.15, 0.2) is 0 Å². The van der Waals surface area contributed by atoms with Gasteiger partial charge in [0.05, 0.1) is 0 Å². The first-order valence-electron chi connectivity index (χ1n) is 7.99. The summed E-state index contributed by atoms with van der Waals surface area (Å²) in [5.74, 6) is -1.56. The molecular formula is C20H17ClN2O3. The maximum atomic E-state index is 12.4. The third kappa shape index (κ3) is 3.95. The monoisotopic (exact) mass is 368 g/mol. The normalized spacial score (nSPS) is 13.9. The summed E-state index contributed by atoms with van der Waals surface area (Å²) in [4.78, 5) is 24.0. The van der Waals surface area contributed by atoms with E-state index < -0.39 is 17.9 Å². The van der Waals surface area contributed by atoms with E-state index in [0.717, 1.165) is 16.8 Å². The smallest absolute Gasteiger partial charge is 0.326 e. The SMILES string of the molecule is C=C1C=C(CC(NC(=O)c2ccc(Cl)cc2)C(=O)O)c2ccccc2N1.